The lowest BCUT2D eigenvalue weighted by molar-refractivity contribution is -0.00117. The molecule has 5 nitrogen and oxygen atoms in total. The van der Waals surface area contributed by atoms with E-state index in [2.05, 4.69) is 22.0 Å². The standard InChI is InChI=1S/C19H28N2O3/c1-23-19-14-16(6-7-18(19)22)4-2-8-20-9-3-5-17(15-20)21-10-12-24-13-11-21/h2,4,6-7,14,17,22H,3,5,8-13,15H2,1H3/b4-2+/t17-/m0/s1. The van der Waals surface area contributed by atoms with Gasteiger partial charge in [-0.1, -0.05) is 18.2 Å². The Labute approximate surface area is 144 Å². The number of likely N-dealkylation sites (tertiary alicyclic amines) is 1. The number of nitrogens with zero attached hydrogens (tertiary/aromatic N) is 2. The molecule has 2 aliphatic heterocycles. The number of piperidine rings is 1. The second kappa shape index (κ2) is 8.51. The Morgan fingerprint density at radius 3 is 2.92 bits per heavy atom. The van der Waals surface area contributed by atoms with Gasteiger partial charge in [0, 0.05) is 32.2 Å². The normalized spacial score (nSPS) is 23.6. The lowest BCUT2D eigenvalue weighted by atomic mass is 10.0. The van der Waals surface area contributed by atoms with E-state index in [1.807, 2.05) is 12.1 Å². The second-order valence-electron chi connectivity index (χ2n) is 6.54. The first-order chi connectivity index (χ1) is 11.8. The largest absolute Gasteiger partial charge is 0.504 e. The molecule has 0 bridgehead atoms. The number of ether oxygens (including phenoxy) is 2. The highest BCUT2D eigenvalue weighted by Gasteiger charge is 2.25. The number of methoxy groups -OCH3 is 1. The molecule has 0 radical (unpaired) electrons. The van der Waals surface area contributed by atoms with Gasteiger partial charge in [-0.2, -0.15) is 0 Å². The molecule has 0 amide bonds. The third-order valence-electron chi connectivity index (χ3n) is 4.92. The fraction of sp³-hybridized carbons (Fsp3) is 0.579. The van der Waals surface area contributed by atoms with Gasteiger partial charge in [0.05, 0.1) is 20.3 Å². The number of rotatable bonds is 5. The number of phenols is 1. The maximum Gasteiger partial charge on any atom is 0.161 e. The van der Waals surface area contributed by atoms with E-state index in [0.29, 0.717) is 11.8 Å². The van der Waals surface area contributed by atoms with E-state index >= 15 is 0 Å². The number of phenolic OH excluding ortho intramolecular Hbond substituents is 1. The number of aromatic hydroxyl groups is 1. The van der Waals surface area contributed by atoms with Crippen LogP contribution in [0, 0.1) is 0 Å². The van der Waals surface area contributed by atoms with E-state index in [-0.39, 0.29) is 5.75 Å². The van der Waals surface area contributed by atoms with Crippen molar-refractivity contribution < 1.29 is 14.6 Å². The molecule has 1 aromatic rings. The van der Waals surface area contributed by atoms with Crippen molar-refractivity contribution in [2.75, 3.05) is 53.0 Å². The maximum absolute atomic E-state index is 9.65. The van der Waals surface area contributed by atoms with E-state index in [0.717, 1.165) is 45.0 Å². The van der Waals surface area contributed by atoms with Crippen LogP contribution in [-0.2, 0) is 4.74 Å². The highest BCUT2D eigenvalue weighted by atomic mass is 16.5. The Bertz CT molecular complexity index is 556. The number of hydrogen-bond donors (Lipinski definition) is 1. The first-order valence-electron chi connectivity index (χ1n) is 8.84. The molecule has 0 spiro atoms. The smallest absolute Gasteiger partial charge is 0.161 e. The van der Waals surface area contributed by atoms with Crippen LogP contribution in [0.1, 0.15) is 18.4 Å². The fourth-order valence-electron chi connectivity index (χ4n) is 3.57. The topological polar surface area (TPSA) is 45.2 Å². The Morgan fingerprint density at radius 1 is 1.29 bits per heavy atom. The predicted molar refractivity (Wildman–Crippen MR) is 95.5 cm³/mol. The minimum atomic E-state index is 0.180. The predicted octanol–water partition coefficient (Wildman–Crippen LogP) is 2.21. The summed E-state index contributed by atoms with van der Waals surface area (Å²) in [6.45, 7) is 7.17. The number of benzene rings is 1. The average molecular weight is 332 g/mol. The summed E-state index contributed by atoms with van der Waals surface area (Å²) in [6.07, 6.45) is 6.87. The molecular weight excluding hydrogens is 304 g/mol. The summed E-state index contributed by atoms with van der Waals surface area (Å²) in [4.78, 5) is 5.11. The van der Waals surface area contributed by atoms with Crippen LogP contribution in [0.3, 0.4) is 0 Å². The van der Waals surface area contributed by atoms with Crippen LogP contribution in [-0.4, -0.2) is 74.0 Å². The van der Waals surface area contributed by atoms with Crippen LogP contribution < -0.4 is 4.74 Å². The summed E-state index contributed by atoms with van der Waals surface area (Å²) in [5.74, 6) is 0.696. The molecule has 132 valence electrons. The molecule has 1 atom stereocenters. The van der Waals surface area contributed by atoms with Crippen molar-refractivity contribution in [3.8, 4) is 11.5 Å². The van der Waals surface area contributed by atoms with Crippen molar-refractivity contribution in [3.05, 3.63) is 29.8 Å². The van der Waals surface area contributed by atoms with E-state index in [9.17, 15) is 5.11 Å². The monoisotopic (exact) mass is 332 g/mol. The van der Waals surface area contributed by atoms with Crippen LogP contribution in [0.15, 0.2) is 24.3 Å². The second-order valence-corrected chi connectivity index (χ2v) is 6.54. The summed E-state index contributed by atoms with van der Waals surface area (Å²) in [5.41, 5.74) is 1.05. The zero-order chi connectivity index (χ0) is 16.8. The van der Waals surface area contributed by atoms with Crippen LogP contribution in [0.25, 0.3) is 6.08 Å². The molecule has 0 aliphatic carbocycles. The van der Waals surface area contributed by atoms with Crippen LogP contribution >= 0.6 is 0 Å². The summed E-state index contributed by atoms with van der Waals surface area (Å²) >= 11 is 0. The first-order valence-corrected chi connectivity index (χ1v) is 8.84. The molecule has 3 rings (SSSR count). The average Bonchev–Trinajstić information content (AvgIpc) is 2.64. The minimum Gasteiger partial charge on any atom is -0.504 e. The zero-order valence-corrected chi connectivity index (χ0v) is 14.5. The Balaban J connectivity index is 1.52. The van der Waals surface area contributed by atoms with Crippen molar-refractivity contribution in [1.82, 2.24) is 9.80 Å². The molecule has 5 heteroatoms. The van der Waals surface area contributed by atoms with Gasteiger partial charge in [-0.15, -0.1) is 0 Å². The van der Waals surface area contributed by atoms with Gasteiger partial charge in [-0.3, -0.25) is 9.80 Å². The van der Waals surface area contributed by atoms with Crippen LogP contribution in [0.5, 0.6) is 11.5 Å². The highest BCUT2D eigenvalue weighted by molar-refractivity contribution is 5.55. The molecule has 0 unspecified atom stereocenters. The van der Waals surface area contributed by atoms with Gasteiger partial charge in [0.15, 0.2) is 11.5 Å². The van der Waals surface area contributed by atoms with Crippen molar-refractivity contribution in [3.63, 3.8) is 0 Å². The molecule has 2 heterocycles. The first kappa shape index (κ1) is 17.3. The Morgan fingerprint density at radius 2 is 2.12 bits per heavy atom. The fourth-order valence-corrected chi connectivity index (χ4v) is 3.57. The van der Waals surface area contributed by atoms with Gasteiger partial charge in [0.2, 0.25) is 0 Å². The van der Waals surface area contributed by atoms with Gasteiger partial charge in [0.1, 0.15) is 0 Å². The van der Waals surface area contributed by atoms with Gasteiger partial charge in [0.25, 0.3) is 0 Å². The summed E-state index contributed by atoms with van der Waals surface area (Å²) in [6, 6.07) is 6.11. The van der Waals surface area contributed by atoms with E-state index in [1.54, 1.807) is 13.2 Å². The van der Waals surface area contributed by atoms with Gasteiger partial charge in [-0.05, 0) is 37.1 Å². The molecule has 0 aromatic heterocycles. The maximum atomic E-state index is 9.65. The third-order valence-corrected chi connectivity index (χ3v) is 4.92. The van der Waals surface area contributed by atoms with Gasteiger partial charge in [-0.25, -0.2) is 0 Å². The minimum absolute atomic E-state index is 0.180. The van der Waals surface area contributed by atoms with Gasteiger partial charge >= 0.3 is 0 Å². The summed E-state index contributed by atoms with van der Waals surface area (Å²) in [5, 5.41) is 9.65. The molecule has 1 aromatic carbocycles. The Kier molecular flexibility index (Phi) is 6.12. The van der Waals surface area contributed by atoms with Gasteiger partial charge < -0.3 is 14.6 Å². The van der Waals surface area contributed by atoms with E-state index in [1.165, 1.54) is 19.4 Å². The summed E-state index contributed by atoms with van der Waals surface area (Å²) < 4.78 is 10.6. The van der Waals surface area contributed by atoms with Crippen molar-refractivity contribution >= 4 is 6.08 Å². The molecule has 24 heavy (non-hydrogen) atoms. The van der Waals surface area contributed by atoms with Crippen LogP contribution in [0.2, 0.25) is 0 Å². The lowest BCUT2D eigenvalue weighted by Gasteiger charge is -2.40. The van der Waals surface area contributed by atoms with E-state index < -0.39 is 0 Å². The molecule has 1 N–H and O–H groups in total. The molecule has 2 fully saturated rings. The quantitative estimate of drug-likeness (QED) is 0.896. The highest BCUT2D eigenvalue weighted by Crippen LogP contribution is 2.26. The third kappa shape index (κ3) is 4.50. The van der Waals surface area contributed by atoms with E-state index in [4.69, 9.17) is 9.47 Å². The lowest BCUT2D eigenvalue weighted by Crippen LogP contribution is -2.51. The van der Waals surface area contributed by atoms with Crippen LogP contribution in [0.4, 0.5) is 0 Å². The molecular formula is C19H28N2O3. The zero-order valence-electron chi connectivity index (χ0n) is 14.5. The van der Waals surface area contributed by atoms with Crippen molar-refractivity contribution in [1.29, 1.82) is 0 Å². The Hall–Kier alpha value is -1.56. The van der Waals surface area contributed by atoms with Crippen molar-refractivity contribution in [2.24, 2.45) is 0 Å². The summed E-state index contributed by atoms with van der Waals surface area (Å²) in [7, 11) is 1.57. The molecule has 2 saturated heterocycles. The number of hydrogen-bond acceptors (Lipinski definition) is 5. The SMILES string of the molecule is COc1cc(/C=C/CN2CCC[C@H](N3CCOCC3)C2)ccc1O. The molecule has 2 aliphatic rings. The van der Waals surface area contributed by atoms with Crippen molar-refractivity contribution in [2.45, 2.75) is 18.9 Å². The molecule has 0 saturated carbocycles. The number of morpholine rings is 1.